The maximum atomic E-state index is 13.5. The Hall–Kier alpha value is -0.890. The molecule has 2 unspecified atom stereocenters. The summed E-state index contributed by atoms with van der Waals surface area (Å²) >= 11 is 0. The van der Waals surface area contributed by atoms with Crippen molar-refractivity contribution < 1.29 is 4.39 Å². The van der Waals surface area contributed by atoms with Gasteiger partial charge in [-0.1, -0.05) is 12.1 Å². The molecule has 0 aromatic heterocycles. The summed E-state index contributed by atoms with van der Waals surface area (Å²) in [6, 6.07) is 5.70. The van der Waals surface area contributed by atoms with Gasteiger partial charge in [-0.05, 0) is 42.9 Å². The molecule has 2 atom stereocenters. The lowest BCUT2D eigenvalue weighted by Crippen LogP contribution is -2.24. The van der Waals surface area contributed by atoms with Gasteiger partial charge in [-0.2, -0.15) is 0 Å². The van der Waals surface area contributed by atoms with Crippen molar-refractivity contribution >= 4 is 0 Å². The second-order valence-electron chi connectivity index (χ2n) is 4.59. The molecule has 2 heteroatoms. The summed E-state index contributed by atoms with van der Waals surface area (Å²) in [6.07, 6.45) is 4.16. The van der Waals surface area contributed by atoms with Crippen LogP contribution in [0, 0.1) is 5.82 Å². The van der Waals surface area contributed by atoms with Gasteiger partial charge in [0.25, 0.3) is 0 Å². The lowest BCUT2D eigenvalue weighted by molar-refractivity contribution is 0.500. The number of fused-ring (bicyclic) bond motifs is 2. The fourth-order valence-corrected chi connectivity index (χ4v) is 2.93. The van der Waals surface area contributed by atoms with Crippen LogP contribution < -0.4 is 5.73 Å². The first-order chi connectivity index (χ1) is 6.74. The zero-order chi connectivity index (χ0) is 9.76. The quantitative estimate of drug-likeness (QED) is 0.668. The van der Waals surface area contributed by atoms with Gasteiger partial charge >= 0.3 is 0 Å². The highest BCUT2D eigenvalue weighted by Gasteiger charge is 2.54. The van der Waals surface area contributed by atoms with Gasteiger partial charge in [0.15, 0.2) is 0 Å². The van der Waals surface area contributed by atoms with Gasteiger partial charge in [0.2, 0.25) is 0 Å². The number of benzene rings is 1. The van der Waals surface area contributed by atoms with Crippen LogP contribution in [0.4, 0.5) is 4.39 Å². The van der Waals surface area contributed by atoms with Crippen molar-refractivity contribution in [1.82, 2.24) is 0 Å². The van der Waals surface area contributed by atoms with Crippen LogP contribution in [0.15, 0.2) is 18.2 Å². The number of hydrogen-bond donors (Lipinski definition) is 1. The molecule has 1 saturated carbocycles. The first-order valence-electron chi connectivity index (χ1n) is 5.27. The molecular formula is C12H14FN. The Morgan fingerprint density at radius 1 is 1.43 bits per heavy atom. The van der Waals surface area contributed by atoms with E-state index in [-0.39, 0.29) is 17.3 Å². The van der Waals surface area contributed by atoms with Crippen LogP contribution >= 0.6 is 0 Å². The largest absolute Gasteiger partial charge is 0.327 e. The lowest BCUT2D eigenvalue weighted by Gasteiger charge is -2.26. The maximum absolute atomic E-state index is 13.5. The highest BCUT2D eigenvalue weighted by Crippen LogP contribution is 2.54. The average Bonchev–Trinajstić information content (AvgIpc) is 2.80. The van der Waals surface area contributed by atoms with E-state index in [1.807, 2.05) is 6.07 Å². The van der Waals surface area contributed by atoms with Crippen molar-refractivity contribution in [3.05, 3.63) is 35.1 Å². The molecule has 74 valence electrons. The molecule has 1 fully saturated rings. The smallest absolute Gasteiger partial charge is 0.126 e. The van der Waals surface area contributed by atoms with Gasteiger partial charge in [-0.15, -0.1) is 0 Å². The molecule has 0 saturated heterocycles. The highest BCUT2D eigenvalue weighted by molar-refractivity contribution is 5.44. The summed E-state index contributed by atoms with van der Waals surface area (Å²) in [5, 5.41) is 0. The predicted molar refractivity (Wildman–Crippen MR) is 53.6 cm³/mol. The first-order valence-corrected chi connectivity index (χ1v) is 5.27. The standard InChI is InChI=1S/C12H14FN/c13-10-5-1-4-9-8(10)3-2-6-12(9)7-11(12)14/h1,4-5,11H,2-3,6-7,14H2. The van der Waals surface area contributed by atoms with Crippen molar-refractivity contribution in [1.29, 1.82) is 0 Å². The Kier molecular flexibility index (Phi) is 1.55. The predicted octanol–water partition coefficient (Wildman–Crippen LogP) is 2.13. The molecule has 1 aromatic rings. The Morgan fingerprint density at radius 2 is 2.21 bits per heavy atom. The maximum Gasteiger partial charge on any atom is 0.126 e. The van der Waals surface area contributed by atoms with Crippen LogP contribution in [0.25, 0.3) is 0 Å². The second kappa shape index (κ2) is 2.57. The second-order valence-corrected chi connectivity index (χ2v) is 4.59. The van der Waals surface area contributed by atoms with Crippen molar-refractivity contribution in [2.75, 3.05) is 0 Å². The van der Waals surface area contributed by atoms with Crippen LogP contribution in [0.1, 0.15) is 30.4 Å². The highest BCUT2D eigenvalue weighted by atomic mass is 19.1. The summed E-state index contributed by atoms with van der Waals surface area (Å²) in [5.41, 5.74) is 8.24. The molecular weight excluding hydrogens is 177 g/mol. The molecule has 2 aliphatic rings. The van der Waals surface area contributed by atoms with E-state index in [1.54, 1.807) is 6.07 Å². The SMILES string of the molecule is NC1CC12CCCc1c(F)cccc12. The molecule has 2 N–H and O–H groups in total. The molecule has 0 radical (unpaired) electrons. The van der Waals surface area contributed by atoms with Gasteiger partial charge in [-0.25, -0.2) is 4.39 Å². The fourth-order valence-electron chi connectivity index (χ4n) is 2.93. The molecule has 0 heterocycles. The summed E-state index contributed by atoms with van der Waals surface area (Å²) in [7, 11) is 0. The van der Waals surface area contributed by atoms with E-state index in [9.17, 15) is 4.39 Å². The van der Waals surface area contributed by atoms with Crippen molar-refractivity contribution in [2.45, 2.75) is 37.1 Å². The van der Waals surface area contributed by atoms with E-state index in [4.69, 9.17) is 5.73 Å². The summed E-state index contributed by atoms with van der Waals surface area (Å²) in [5.74, 6) is -0.0410. The number of halogens is 1. The Morgan fingerprint density at radius 3 is 2.93 bits per heavy atom. The topological polar surface area (TPSA) is 26.0 Å². The third kappa shape index (κ3) is 0.921. The molecule has 0 amide bonds. The summed E-state index contributed by atoms with van der Waals surface area (Å²) < 4.78 is 13.5. The van der Waals surface area contributed by atoms with Crippen LogP contribution in [-0.4, -0.2) is 6.04 Å². The lowest BCUT2D eigenvalue weighted by atomic mass is 9.79. The van der Waals surface area contributed by atoms with E-state index in [0.717, 1.165) is 31.2 Å². The van der Waals surface area contributed by atoms with Gasteiger partial charge in [0.05, 0.1) is 0 Å². The third-order valence-corrected chi connectivity index (χ3v) is 3.84. The normalized spacial score (nSPS) is 34.3. The number of nitrogens with two attached hydrogens (primary N) is 1. The minimum absolute atomic E-state index is 0.0410. The van der Waals surface area contributed by atoms with Crippen LogP contribution in [0.2, 0.25) is 0 Å². The van der Waals surface area contributed by atoms with E-state index < -0.39 is 0 Å². The summed E-state index contributed by atoms with van der Waals surface area (Å²) in [4.78, 5) is 0. The monoisotopic (exact) mass is 191 g/mol. The van der Waals surface area contributed by atoms with Crippen molar-refractivity contribution in [3.8, 4) is 0 Å². The van der Waals surface area contributed by atoms with E-state index in [1.165, 1.54) is 5.56 Å². The molecule has 0 bridgehead atoms. The molecule has 14 heavy (non-hydrogen) atoms. The molecule has 0 aliphatic heterocycles. The molecule has 1 spiro atoms. The van der Waals surface area contributed by atoms with E-state index in [2.05, 4.69) is 6.07 Å². The van der Waals surface area contributed by atoms with Crippen LogP contribution in [-0.2, 0) is 11.8 Å². The van der Waals surface area contributed by atoms with E-state index in [0.29, 0.717) is 0 Å². The van der Waals surface area contributed by atoms with Gasteiger partial charge < -0.3 is 5.73 Å². The average molecular weight is 191 g/mol. The van der Waals surface area contributed by atoms with Crippen LogP contribution in [0.3, 0.4) is 0 Å². The molecule has 1 aromatic carbocycles. The van der Waals surface area contributed by atoms with Gasteiger partial charge in [0.1, 0.15) is 5.82 Å². The Labute approximate surface area is 83.1 Å². The van der Waals surface area contributed by atoms with E-state index >= 15 is 0 Å². The molecule has 1 nitrogen and oxygen atoms in total. The number of rotatable bonds is 0. The molecule has 2 aliphatic carbocycles. The zero-order valence-electron chi connectivity index (χ0n) is 8.09. The zero-order valence-corrected chi connectivity index (χ0v) is 8.09. The van der Waals surface area contributed by atoms with Gasteiger partial charge in [0, 0.05) is 11.5 Å². The van der Waals surface area contributed by atoms with Gasteiger partial charge in [-0.3, -0.25) is 0 Å². The number of hydrogen-bond acceptors (Lipinski definition) is 1. The minimum Gasteiger partial charge on any atom is -0.327 e. The van der Waals surface area contributed by atoms with Crippen LogP contribution in [0.5, 0.6) is 0 Å². The third-order valence-electron chi connectivity index (χ3n) is 3.84. The Bertz CT molecular complexity index is 388. The Balaban J connectivity index is 2.16. The molecule has 3 rings (SSSR count). The van der Waals surface area contributed by atoms with Crippen molar-refractivity contribution in [2.24, 2.45) is 5.73 Å². The van der Waals surface area contributed by atoms with Crippen molar-refractivity contribution in [3.63, 3.8) is 0 Å². The first kappa shape index (κ1) is 8.42. The fraction of sp³-hybridized carbons (Fsp3) is 0.500. The minimum atomic E-state index is -0.0410. The summed E-state index contributed by atoms with van der Waals surface area (Å²) in [6.45, 7) is 0.